The molecule has 1 aliphatic heterocycles. The largest absolute Gasteiger partial charge is 0.324 e. The number of carbonyl (C=O) groups is 3. The van der Waals surface area contributed by atoms with Crippen LogP contribution < -0.4 is 5.32 Å². The van der Waals surface area contributed by atoms with Crippen molar-refractivity contribution in [3.05, 3.63) is 65.2 Å². The Morgan fingerprint density at radius 1 is 1.00 bits per heavy atom. The lowest BCUT2D eigenvalue weighted by atomic mass is 9.96. The van der Waals surface area contributed by atoms with Gasteiger partial charge in [0.25, 0.3) is 11.8 Å². The van der Waals surface area contributed by atoms with Gasteiger partial charge >= 0.3 is 0 Å². The molecule has 3 amide bonds. The molecular weight excluding hydrogens is 328 g/mol. The lowest BCUT2D eigenvalue weighted by molar-refractivity contribution is -0.121. The first-order valence-electron chi connectivity index (χ1n) is 8.78. The Bertz CT molecular complexity index is 823. The molecule has 0 bridgehead atoms. The van der Waals surface area contributed by atoms with E-state index in [0.717, 1.165) is 10.5 Å². The number of nitrogens with zero attached hydrogens (tertiary/aromatic N) is 1. The second kappa shape index (κ2) is 7.12. The highest BCUT2D eigenvalue weighted by atomic mass is 16.2. The van der Waals surface area contributed by atoms with Gasteiger partial charge in [-0.05, 0) is 37.1 Å². The summed E-state index contributed by atoms with van der Waals surface area (Å²) in [5, 5.41) is 2.84. The molecule has 0 aliphatic carbocycles. The summed E-state index contributed by atoms with van der Waals surface area (Å²) in [5.41, 5.74) is 2.44. The predicted octanol–water partition coefficient (Wildman–Crippen LogP) is 3.64. The fourth-order valence-electron chi connectivity index (χ4n) is 3.17. The SMILES string of the molecule is CC[C@H](C)[C@@H](C(=O)Nc1ccc(C)cc1)N1C(=O)c2ccccc2C1=O. The van der Waals surface area contributed by atoms with Crippen molar-refractivity contribution < 1.29 is 14.4 Å². The fourth-order valence-corrected chi connectivity index (χ4v) is 3.17. The van der Waals surface area contributed by atoms with E-state index in [9.17, 15) is 14.4 Å². The van der Waals surface area contributed by atoms with Crippen LogP contribution >= 0.6 is 0 Å². The van der Waals surface area contributed by atoms with Gasteiger partial charge in [0.1, 0.15) is 6.04 Å². The summed E-state index contributed by atoms with van der Waals surface area (Å²) in [4.78, 5) is 39.7. The molecule has 0 aromatic heterocycles. The summed E-state index contributed by atoms with van der Waals surface area (Å²) >= 11 is 0. The van der Waals surface area contributed by atoms with E-state index in [4.69, 9.17) is 0 Å². The van der Waals surface area contributed by atoms with Gasteiger partial charge in [0.15, 0.2) is 0 Å². The lowest BCUT2D eigenvalue weighted by Gasteiger charge is -2.29. The molecule has 1 heterocycles. The molecule has 0 saturated heterocycles. The second-order valence-electron chi connectivity index (χ2n) is 6.71. The topological polar surface area (TPSA) is 66.5 Å². The first-order chi connectivity index (χ1) is 12.4. The van der Waals surface area contributed by atoms with Crippen molar-refractivity contribution in [2.24, 2.45) is 5.92 Å². The summed E-state index contributed by atoms with van der Waals surface area (Å²) in [6, 6.07) is 13.3. The van der Waals surface area contributed by atoms with E-state index in [0.29, 0.717) is 23.2 Å². The Balaban J connectivity index is 1.92. The molecule has 2 atom stereocenters. The Hall–Kier alpha value is -2.95. The molecule has 5 nitrogen and oxygen atoms in total. The molecule has 26 heavy (non-hydrogen) atoms. The Morgan fingerprint density at radius 3 is 2.04 bits per heavy atom. The second-order valence-corrected chi connectivity index (χ2v) is 6.71. The van der Waals surface area contributed by atoms with Crippen LogP contribution in [-0.4, -0.2) is 28.7 Å². The molecule has 1 aliphatic rings. The van der Waals surface area contributed by atoms with E-state index < -0.39 is 17.9 Å². The first-order valence-corrected chi connectivity index (χ1v) is 8.78. The molecule has 5 heteroatoms. The van der Waals surface area contributed by atoms with E-state index >= 15 is 0 Å². The zero-order valence-corrected chi connectivity index (χ0v) is 15.2. The predicted molar refractivity (Wildman–Crippen MR) is 100.0 cm³/mol. The zero-order chi connectivity index (χ0) is 18.8. The number of rotatable bonds is 5. The number of imide groups is 1. The molecule has 0 saturated carbocycles. The maximum atomic E-state index is 13.0. The Labute approximate surface area is 153 Å². The van der Waals surface area contributed by atoms with E-state index in [-0.39, 0.29) is 11.8 Å². The number of anilines is 1. The van der Waals surface area contributed by atoms with Crippen LogP contribution in [0.15, 0.2) is 48.5 Å². The number of carbonyl (C=O) groups excluding carboxylic acids is 3. The number of fused-ring (bicyclic) bond motifs is 1. The smallest absolute Gasteiger partial charge is 0.262 e. The van der Waals surface area contributed by atoms with E-state index in [2.05, 4.69) is 5.32 Å². The average Bonchev–Trinajstić information content (AvgIpc) is 2.89. The third kappa shape index (κ3) is 3.12. The van der Waals surface area contributed by atoms with E-state index in [1.54, 1.807) is 24.3 Å². The number of amides is 3. The van der Waals surface area contributed by atoms with Gasteiger partial charge < -0.3 is 5.32 Å². The molecule has 2 aromatic rings. The maximum Gasteiger partial charge on any atom is 0.262 e. The van der Waals surface area contributed by atoms with Gasteiger partial charge in [-0.1, -0.05) is 50.1 Å². The fraction of sp³-hybridized carbons (Fsp3) is 0.286. The summed E-state index contributed by atoms with van der Waals surface area (Å²) in [7, 11) is 0. The number of hydrogen-bond acceptors (Lipinski definition) is 3. The quantitative estimate of drug-likeness (QED) is 0.837. The molecular formula is C21H22N2O3. The Kier molecular flexibility index (Phi) is 4.89. The Morgan fingerprint density at radius 2 is 1.54 bits per heavy atom. The van der Waals surface area contributed by atoms with Crippen LogP contribution in [0.2, 0.25) is 0 Å². The minimum Gasteiger partial charge on any atom is -0.324 e. The standard InChI is InChI=1S/C21H22N2O3/c1-4-14(3)18(19(24)22-15-11-9-13(2)10-12-15)23-20(25)16-7-5-6-8-17(16)21(23)26/h5-12,14,18H,4H2,1-3H3,(H,22,24)/t14-,18-/m0/s1. The van der Waals surface area contributed by atoms with Gasteiger partial charge in [-0.2, -0.15) is 0 Å². The summed E-state index contributed by atoms with van der Waals surface area (Å²) in [6.07, 6.45) is 0.666. The van der Waals surface area contributed by atoms with Crippen molar-refractivity contribution >= 4 is 23.4 Å². The maximum absolute atomic E-state index is 13.0. The van der Waals surface area contributed by atoms with Gasteiger partial charge in [0.05, 0.1) is 11.1 Å². The van der Waals surface area contributed by atoms with Gasteiger partial charge in [-0.25, -0.2) is 0 Å². The van der Waals surface area contributed by atoms with E-state index in [1.165, 1.54) is 0 Å². The van der Waals surface area contributed by atoms with Crippen molar-refractivity contribution in [3.8, 4) is 0 Å². The molecule has 1 N–H and O–H groups in total. The van der Waals surface area contributed by atoms with Crippen LogP contribution in [0.3, 0.4) is 0 Å². The van der Waals surface area contributed by atoms with Crippen LogP contribution in [0.4, 0.5) is 5.69 Å². The number of benzene rings is 2. The number of nitrogens with one attached hydrogen (secondary N) is 1. The van der Waals surface area contributed by atoms with Crippen molar-refractivity contribution in [2.75, 3.05) is 5.32 Å². The third-order valence-electron chi connectivity index (χ3n) is 4.87. The highest BCUT2D eigenvalue weighted by Gasteiger charge is 2.44. The normalized spacial score (nSPS) is 15.6. The van der Waals surface area contributed by atoms with Gasteiger partial charge in [-0.15, -0.1) is 0 Å². The summed E-state index contributed by atoms with van der Waals surface area (Å²) in [5.74, 6) is -1.33. The minimum absolute atomic E-state index is 0.164. The van der Waals surface area contributed by atoms with Crippen LogP contribution in [-0.2, 0) is 4.79 Å². The van der Waals surface area contributed by atoms with Crippen LogP contribution in [0.25, 0.3) is 0 Å². The van der Waals surface area contributed by atoms with Crippen LogP contribution in [0.1, 0.15) is 46.5 Å². The van der Waals surface area contributed by atoms with E-state index in [1.807, 2.05) is 45.0 Å². The molecule has 3 rings (SSSR count). The molecule has 0 spiro atoms. The molecule has 2 aromatic carbocycles. The molecule has 0 fully saturated rings. The van der Waals surface area contributed by atoms with Crippen molar-refractivity contribution in [3.63, 3.8) is 0 Å². The van der Waals surface area contributed by atoms with Gasteiger partial charge in [0.2, 0.25) is 5.91 Å². The summed E-state index contributed by atoms with van der Waals surface area (Å²) in [6.45, 7) is 5.78. The monoisotopic (exact) mass is 350 g/mol. The molecule has 134 valence electrons. The highest BCUT2D eigenvalue weighted by Crippen LogP contribution is 2.28. The first kappa shape index (κ1) is 17.9. The van der Waals surface area contributed by atoms with Crippen molar-refractivity contribution in [2.45, 2.75) is 33.2 Å². The summed E-state index contributed by atoms with van der Waals surface area (Å²) < 4.78 is 0. The van der Waals surface area contributed by atoms with Crippen LogP contribution in [0, 0.1) is 12.8 Å². The van der Waals surface area contributed by atoms with Crippen molar-refractivity contribution in [1.82, 2.24) is 4.90 Å². The molecule has 0 unspecified atom stereocenters. The average molecular weight is 350 g/mol. The lowest BCUT2D eigenvalue weighted by Crippen LogP contribution is -2.50. The minimum atomic E-state index is -0.853. The van der Waals surface area contributed by atoms with Gasteiger partial charge in [-0.3, -0.25) is 19.3 Å². The highest BCUT2D eigenvalue weighted by molar-refractivity contribution is 6.23. The zero-order valence-electron chi connectivity index (χ0n) is 15.2. The number of hydrogen-bond donors (Lipinski definition) is 1. The van der Waals surface area contributed by atoms with Crippen LogP contribution in [0.5, 0.6) is 0 Å². The number of aryl methyl sites for hydroxylation is 1. The molecule has 0 radical (unpaired) electrons. The third-order valence-corrected chi connectivity index (χ3v) is 4.87. The van der Waals surface area contributed by atoms with Crippen molar-refractivity contribution in [1.29, 1.82) is 0 Å². The van der Waals surface area contributed by atoms with Gasteiger partial charge in [0, 0.05) is 5.69 Å².